The second-order valence-corrected chi connectivity index (χ2v) is 9.05. The van der Waals surface area contributed by atoms with Crippen LogP contribution in [-0.4, -0.2) is 48.4 Å². The lowest BCUT2D eigenvalue weighted by Crippen LogP contribution is -2.57. The lowest BCUT2D eigenvalue weighted by atomic mass is 9.97. The van der Waals surface area contributed by atoms with E-state index in [2.05, 4.69) is 64.5 Å². The van der Waals surface area contributed by atoms with Crippen molar-refractivity contribution in [2.45, 2.75) is 26.1 Å². The van der Waals surface area contributed by atoms with Crippen molar-refractivity contribution in [3.05, 3.63) is 78.4 Å². The van der Waals surface area contributed by atoms with E-state index in [4.69, 9.17) is 4.74 Å². The van der Waals surface area contributed by atoms with Gasteiger partial charge in [-0.1, -0.05) is 48.5 Å². The summed E-state index contributed by atoms with van der Waals surface area (Å²) >= 11 is 0. The van der Waals surface area contributed by atoms with Crippen LogP contribution in [0.3, 0.4) is 0 Å². The van der Waals surface area contributed by atoms with Gasteiger partial charge in [-0.25, -0.2) is 0 Å². The molecular weight excluding hydrogens is 398 g/mol. The summed E-state index contributed by atoms with van der Waals surface area (Å²) in [4.78, 5) is 7.11. The molecule has 0 amide bonds. The lowest BCUT2D eigenvalue weighted by Gasteiger charge is -2.40. The Morgan fingerprint density at radius 3 is 2.53 bits per heavy atom. The molecule has 0 spiro atoms. The quantitative estimate of drug-likeness (QED) is 0.566. The third kappa shape index (κ3) is 3.57. The van der Waals surface area contributed by atoms with E-state index in [1.807, 2.05) is 38.4 Å². The maximum atomic E-state index is 11.4. The summed E-state index contributed by atoms with van der Waals surface area (Å²) < 4.78 is 5.69. The van der Waals surface area contributed by atoms with Crippen LogP contribution in [0.2, 0.25) is 0 Å². The van der Waals surface area contributed by atoms with Gasteiger partial charge < -0.3 is 9.84 Å². The highest BCUT2D eigenvalue weighted by molar-refractivity contribution is 5.96. The first kappa shape index (κ1) is 21.0. The highest BCUT2D eigenvalue weighted by atomic mass is 16.5. The molecule has 5 nitrogen and oxygen atoms in total. The molecule has 3 aromatic carbocycles. The van der Waals surface area contributed by atoms with Crippen LogP contribution in [0.15, 0.2) is 77.8 Å². The monoisotopic (exact) mass is 428 g/mol. The van der Waals surface area contributed by atoms with E-state index in [1.165, 1.54) is 11.1 Å². The van der Waals surface area contributed by atoms with E-state index < -0.39 is 5.72 Å². The molecule has 1 N–H and O–H groups in total. The van der Waals surface area contributed by atoms with Crippen LogP contribution in [0.25, 0.3) is 11.1 Å². The van der Waals surface area contributed by atoms with E-state index in [1.54, 1.807) is 0 Å². The van der Waals surface area contributed by atoms with Gasteiger partial charge in [0.1, 0.15) is 11.4 Å². The van der Waals surface area contributed by atoms with Crippen molar-refractivity contribution in [2.24, 2.45) is 4.99 Å². The smallest absolute Gasteiger partial charge is 0.209 e. The summed E-state index contributed by atoms with van der Waals surface area (Å²) in [5.41, 5.74) is 5.46. The molecule has 0 bridgehead atoms. The average molecular weight is 429 g/mol. The van der Waals surface area contributed by atoms with Crippen molar-refractivity contribution in [3.63, 3.8) is 0 Å². The van der Waals surface area contributed by atoms with Crippen LogP contribution in [0.4, 0.5) is 17.1 Å². The standard InChI is InChI=1S/C27H30N3O2/c1-27(2,31)30(20-28-25-12-5-6-13-26(25)30)23-10-7-9-21(18-23)24-11-4-3-8-22(24)19-29-14-16-32-17-15-29/h3-13,18,20,31H,14-17,19H2,1-2H3/q+1. The number of morpholine rings is 1. The third-order valence-corrected chi connectivity index (χ3v) is 6.57. The minimum absolute atomic E-state index is 0.169. The number of ether oxygens (including phenoxy) is 1. The maximum Gasteiger partial charge on any atom is 0.209 e. The van der Waals surface area contributed by atoms with Gasteiger partial charge in [0.15, 0.2) is 5.69 Å². The summed E-state index contributed by atoms with van der Waals surface area (Å²) in [6, 6.07) is 25.2. The van der Waals surface area contributed by atoms with Crippen LogP contribution >= 0.6 is 0 Å². The number of fused-ring (bicyclic) bond motifs is 1. The Labute approximate surface area is 189 Å². The molecule has 2 aliphatic rings. The molecular formula is C27H30N3O2+. The van der Waals surface area contributed by atoms with E-state index in [0.717, 1.165) is 55.5 Å². The number of quaternary nitrogens is 1. The van der Waals surface area contributed by atoms with Gasteiger partial charge in [0.25, 0.3) is 0 Å². The zero-order valence-electron chi connectivity index (χ0n) is 18.7. The van der Waals surface area contributed by atoms with Crippen LogP contribution in [-0.2, 0) is 11.3 Å². The topological polar surface area (TPSA) is 45.1 Å². The van der Waals surface area contributed by atoms with E-state index >= 15 is 0 Å². The van der Waals surface area contributed by atoms with Crippen molar-refractivity contribution in [2.75, 3.05) is 26.3 Å². The van der Waals surface area contributed by atoms with Gasteiger partial charge in [-0.15, -0.1) is 0 Å². The van der Waals surface area contributed by atoms with Crippen molar-refractivity contribution < 1.29 is 9.84 Å². The van der Waals surface area contributed by atoms with Crippen molar-refractivity contribution in [1.82, 2.24) is 9.38 Å². The largest absolute Gasteiger partial charge is 0.379 e. The van der Waals surface area contributed by atoms with Gasteiger partial charge in [-0.05, 0) is 22.8 Å². The number of benzene rings is 3. The Balaban J connectivity index is 1.58. The highest BCUT2D eigenvalue weighted by Crippen LogP contribution is 2.49. The first-order valence-electron chi connectivity index (χ1n) is 11.2. The molecule has 1 saturated heterocycles. The van der Waals surface area contributed by atoms with Gasteiger partial charge in [0.2, 0.25) is 12.1 Å². The molecule has 5 rings (SSSR count). The van der Waals surface area contributed by atoms with Crippen LogP contribution in [0.1, 0.15) is 19.4 Å². The molecule has 5 heteroatoms. The van der Waals surface area contributed by atoms with Crippen molar-refractivity contribution in [1.29, 1.82) is 0 Å². The molecule has 164 valence electrons. The second-order valence-electron chi connectivity index (χ2n) is 9.05. The first-order chi connectivity index (χ1) is 15.5. The maximum absolute atomic E-state index is 11.4. The molecule has 2 aliphatic heterocycles. The minimum Gasteiger partial charge on any atom is -0.379 e. The molecule has 1 atom stereocenters. The molecule has 32 heavy (non-hydrogen) atoms. The Hall–Kier alpha value is -2.83. The third-order valence-electron chi connectivity index (χ3n) is 6.57. The fourth-order valence-corrected chi connectivity index (χ4v) is 4.87. The van der Waals surface area contributed by atoms with Gasteiger partial charge in [0.05, 0.1) is 13.2 Å². The highest BCUT2D eigenvalue weighted by Gasteiger charge is 2.50. The summed E-state index contributed by atoms with van der Waals surface area (Å²) in [5.74, 6) is 0. The van der Waals surface area contributed by atoms with Crippen LogP contribution < -0.4 is 4.48 Å². The molecule has 0 radical (unpaired) electrons. The molecule has 1 fully saturated rings. The number of para-hydroxylation sites is 2. The summed E-state index contributed by atoms with van der Waals surface area (Å²) in [6.45, 7) is 8.10. The summed E-state index contributed by atoms with van der Waals surface area (Å²) in [5, 5.41) is 11.4. The molecule has 2 heterocycles. The zero-order valence-corrected chi connectivity index (χ0v) is 18.7. The number of aliphatic imine (C=N–C) groups is 1. The van der Waals surface area contributed by atoms with Gasteiger partial charge in [-0.3, -0.25) is 4.90 Å². The number of aliphatic hydroxyl groups is 1. The van der Waals surface area contributed by atoms with Gasteiger partial charge >= 0.3 is 0 Å². The van der Waals surface area contributed by atoms with Gasteiger partial charge in [-0.2, -0.15) is 9.48 Å². The predicted molar refractivity (Wildman–Crippen MR) is 130 cm³/mol. The minimum atomic E-state index is -1.08. The second kappa shape index (κ2) is 8.26. The number of hydrogen-bond donors (Lipinski definition) is 1. The van der Waals surface area contributed by atoms with Crippen molar-refractivity contribution in [3.8, 4) is 11.1 Å². The fraction of sp³-hybridized carbons (Fsp3) is 0.296. The fourth-order valence-electron chi connectivity index (χ4n) is 4.87. The molecule has 0 saturated carbocycles. The van der Waals surface area contributed by atoms with E-state index in [0.29, 0.717) is 0 Å². The number of rotatable bonds is 5. The zero-order chi connectivity index (χ0) is 22.2. The average Bonchev–Trinajstić information content (AvgIpc) is 3.21. The lowest BCUT2D eigenvalue weighted by molar-refractivity contribution is 0.000176. The summed E-state index contributed by atoms with van der Waals surface area (Å²) in [6.07, 6.45) is 1.86. The predicted octanol–water partition coefficient (Wildman–Crippen LogP) is 5.23. The number of nitrogens with zero attached hydrogens (tertiary/aromatic N) is 3. The van der Waals surface area contributed by atoms with Gasteiger partial charge in [0, 0.05) is 51.7 Å². The molecule has 0 aromatic heterocycles. The van der Waals surface area contributed by atoms with E-state index in [9.17, 15) is 5.11 Å². The normalized spacial score (nSPS) is 21.0. The molecule has 1 unspecified atom stereocenters. The van der Waals surface area contributed by atoms with Crippen LogP contribution in [0.5, 0.6) is 0 Å². The Morgan fingerprint density at radius 2 is 1.72 bits per heavy atom. The Bertz CT molecular complexity index is 1150. The SMILES string of the molecule is CC(C)(O)[N+]1(c2cccc(-c3ccccc3CN3CCOCC3)c2)C=Nc2ccccc21. The van der Waals surface area contributed by atoms with E-state index in [-0.39, 0.29) is 4.48 Å². The van der Waals surface area contributed by atoms with Crippen LogP contribution in [0, 0.1) is 0 Å². The molecule has 0 aliphatic carbocycles. The number of hydrogen-bond acceptors (Lipinski definition) is 4. The molecule has 3 aromatic rings. The summed E-state index contributed by atoms with van der Waals surface area (Å²) in [7, 11) is 0. The van der Waals surface area contributed by atoms with Crippen molar-refractivity contribution >= 4 is 23.4 Å². The first-order valence-corrected chi connectivity index (χ1v) is 11.2. The Kier molecular flexibility index (Phi) is 5.43. The Morgan fingerprint density at radius 1 is 0.969 bits per heavy atom.